The maximum absolute atomic E-state index is 10.3. The van der Waals surface area contributed by atoms with Gasteiger partial charge in [0.05, 0.1) is 25.4 Å². The van der Waals surface area contributed by atoms with Crippen molar-refractivity contribution in [3.05, 3.63) is 23.3 Å². The van der Waals surface area contributed by atoms with Crippen LogP contribution >= 0.6 is 0 Å². The summed E-state index contributed by atoms with van der Waals surface area (Å²) in [7, 11) is 0. The van der Waals surface area contributed by atoms with E-state index in [0.717, 1.165) is 50.4 Å². The van der Waals surface area contributed by atoms with Crippen molar-refractivity contribution in [3.63, 3.8) is 0 Å². The standard InChI is InChI=1S/C25H39NO2/c1-4-16-13-17-14-18(27)7-9-24(17,2)21-8-10-25(3)19(5-6-20(25)23(16)21)22-15-28-12-11-26-22/h5,13,16,18,20-23,26-27H,4,6-12,14-15H2,1-3H3/t16-,18+,20-,21-,22?,23-,24-,25+/m0/s1. The van der Waals surface area contributed by atoms with E-state index in [2.05, 4.69) is 38.2 Å². The molecule has 156 valence electrons. The lowest BCUT2D eigenvalue weighted by molar-refractivity contribution is -0.0548. The maximum Gasteiger partial charge on any atom is 0.0659 e. The van der Waals surface area contributed by atoms with Crippen LogP contribution in [0.4, 0.5) is 0 Å². The van der Waals surface area contributed by atoms with E-state index in [1.165, 1.54) is 32.1 Å². The van der Waals surface area contributed by atoms with Gasteiger partial charge in [0, 0.05) is 6.54 Å². The third-order valence-corrected chi connectivity index (χ3v) is 9.66. The lowest BCUT2D eigenvalue weighted by atomic mass is 9.45. The van der Waals surface area contributed by atoms with E-state index in [0.29, 0.717) is 22.8 Å². The van der Waals surface area contributed by atoms with Crippen molar-refractivity contribution in [1.82, 2.24) is 5.32 Å². The summed E-state index contributed by atoms with van der Waals surface area (Å²) in [4.78, 5) is 0. The number of hydrogen-bond donors (Lipinski definition) is 2. The van der Waals surface area contributed by atoms with Gasteiger partial charge in [-0.3, -0.25) is 0 Å². The average Bonchev–Trinajstić information content (AvgIpc) is 3.06. The number of morpholine rings is 1. The van der Waals surface area contributed by atoms with Crippen LogP contribution in [-0.4, -0.2) is 37.0 Å². The second-order valence-corrected chi connectivity index (χ2v) is 10.8. The van der Waals surface area contributed by atoms with Crippen molar-refractivity contribution < 1.29 is 9.84 Å². The maximum atomic E-state index is 10.3. The van der Waals surface area contributed by atoms with Crippen LogP contribution in [0.2, 0.25) is 0 Å². The third kappa shape index (κ3) is 2.72. The highest BCUT2D eigenvalue weighted by Gasteiger charge is 2.59. The summed E-state index contributed by atoms with van der Waals surface area (Å²) in [6.45, 7) is 10.2. The van der Waals surface area contributed by atoms with Gasteiger partial charge in [0.25, 0.3) is 0 Å². The first-order chi connectivity index (χ1) is 13.5. The molecule has 8 atom stereocenters. The molecule has 0 bridgehead atoms. The third-order valence-electron chi connectivity index (χ3n) is 9.66. The number of aliphatic hydroxyl groups excluding tert-OH is 1. The number of allylic oxidation sites excluding steroid dienone is 2. The van der Waals surface area contributed by atoms with Crippen LogP contribution in [0.3, 0.4) is 0 Å². The number of ether oxygens (including phenoxy) is 1. The quantitative estimate of drug-likeness (QED) is 0.689. The highest BCUT2D eigenvalue weighted by molar-refractivity contribution is 5.33. The normalized spacial score (nSPS) is 50.9. The number of nitrogens with one attached hydrogen (secondary N) is 1. The van der Waals surface area contributed by atoms with Gasteiger partial charge in [-0.25, -0.2) is 0 Å². The molecule has 0 spiro atoms. The van der Waals surface area contributed by atoms with Crippen LogP contribution in [0.25, 0.3) is 0 Å². The molecule has 0 aromatic carbocycles. The van der Waals surface area contributed by atoms with Gasteiger partial charge in [-0.15, -0.1) is 0 Å². The molecule has 4 aliphatic carbocycles. The molecular formula is C25H39NO2. The second-order valence-electron chi connectivity index (χ2n) is 10.8. The number of aliphatic hydroxyl groups is 1. The van der Waals surface area contributed by atoms with Gasteiger partial charge in [0.2, 0.25) is 0 Å². The van der Waals surface area contributed by atoms with E-state index in [4.69, 9.17) is 4.74 Å². The van der Waals surface area contributed by atoms with Crippen LogP contribution in [0.15, 0.2) is 23.3 Å². The molecule has 0 aromatic rings. The summed E-state index contributed by atoms with van der Waals surface area (Å²) in [5.74, 6) is 3.06. The van der Waals surface area contributed by atoms with Gasteiger partial charge in [0.15, 0.2) is 0 Å². The van der Waals surface area contributed by atoms with E-state index in [1.54, 1.807) is 11.1 Å². The van der Waals surface area contributed by atoms with E-state index < -0.39 is 0 Å². The SMILES string of the molecule is CC[C@H]1C=C2C[C@H](O)CC[C@]2(C)[C@H]2CC[C@]3(C)C(C4COCCN4)=CC[C@H]3[C@H]12. The highest BCUT2D eigenvalue weighted by Crippen LogP contribution is 2.66. The molecule has 2 N–H and O–H groups in total. The fraction of sp³-hybridized carbons (Fsp3) is 0.840. The molecule has 1 aliphatic heterocycles. The van der Waals surface area contributed by atoms with Crippen molar-refractivity contribution in [2.45, 2.75) is 77.9 Å². The van der Waals surface area contributed by atoms with Gasteiger partial charge in [-0.05, 0) is 85.0 Å². The summed E-state index contributed by atoms with van der Waals surface area (Å²) < 4.78 is 5.83. The van der Waals surface area contributed by atoms with Crippen molar-refractivity contribution in [3.8, 4) is 0 Å². The summed E-state index contributed by atoms with van der Waals surface area (Å²) in [5.41, 5.74) is 3.91. The fourth-order valence-electron chi connectivity index (χ4n) is 8.10. The molecule has 3 nitrogen and oxygen atoms in total. The predicted octanol–water partition coefficient (Wildman–Crippen LogP) is 4.47. The van der Waals surface area contributed by atoms with E-state index in [9.17, 15) is 5.11 Å². The van der Waals surface area contributed by atoms with Crippen LogP contribution in [-0.2, 0) is 4.74 Å². The number of hydrogen-bond acceptors (Lipinski definition) is 3. The van der Waals surface area contributed by atoms with Crippen LogP contribution in [0, 0.1) is 34.5 Å². The Hall–Kier alpha value is -0.640. The van der Waals surface area contributed by atoms with Crippen LogP contribution in [0.1, 0.15) is 65.7 Å². The summed E-state index contributed by atoms with van der Waals surface area (Å²) in [5, 5.41) is 14.1. The minimum atomic E-state index is -0.112. The lowest BCUT2D eigenvalue weighted by Gasteiger charge is -2.60. The Morgan fingerprint density at radius 3 is 2.75 bits per heavy atom. The van der Waals surface area contributed by atoms with Crippen molar-refractivity contribution in [1.29, 1.82) is 0 Å². The highest BCUT2D eigenvalue weighted by atomic mass is 16.5. The Balaban J connectivity index is 1.48. The molecule has 0 aromatic heterocycles. The zero-order chi connectivity index (χ0) is 19.5. The Bertz CT molecular complexity index is 678. The van der Waals surface area contributed by atoms with Crippen LogP contribution < -0.4 is 5.32 Å². The lowest BCUT2D eigenvalue weighted by Crippen LogP contribution is -2.54. The molecular weight excluding hydrogens is 346 g/mol. The van der Waals surface area contributed by atoms with Gasteiger partial charge in [-0.2, -0.15) is 0 Å². The van der Waals surface area contributed by atoms with Gasteiger partial charge >= 0.3 is 0 Å². The van der Waals surface area contributed by atoms with Crippen molar-refractivity contribution in [2.24, 2.45) is 34.5 Å². The molecule has 3 fully saturated rings. The second kappa shape index (κ2) is 6.96. The Morgan fingerprint density at radius 2 is 2.00 bits per heavy atom. The van der Waals surface area contributed by atoms with E-state index >= 15 is 0 Å². The zero-order valence-corrected chi connectivity index (χ0v) is 18.0. The first-order valence-corrected chi connectivity index (χ1v) is 11.9. The fourth-order valence-corrected chi connectivity index (χ4v) is 8.10. The van der Waals surface area contributed by atoms with Gasteiger partial charge in [0.1, 0.15) is 0 Å². The molecule has 1 saturated heterocycles. The summed E-state index contributed by atoms with van der Waals surface area (Å²) in [6.07, 6.45) is 13.4. The molecule has 1 unspecified atom stereocenters. The first-order valence-electron chi connectivity index (χ1n) is 11.9. The molecule has 0 radical (unpaired) electrons. The molecule has 0 amide bonds. The Morgan fingerprint density at radius 1 is 1.18 bits per heavy atom. The molecule has 1 heterocycles. The largest absolute Gasteiger partial charge is 0.393 e. The summed E-state index contributed by atoms with van der Waals surface area (Å²) >= 11 is 0. The molecule has 5 aliphatic rings. The Labute approximate surface area is 171 Å². The molecule has 28 heavy (non-hydrogen) atoms. The first kappa shape index (κ1) is 19.3. The van der Waals surface area contributed by atoms with Gasteiger partial charge < -0.3 is 15.2 Å². The topological polar surface area (TPSA) is 41.5 Å². The molecule has 2 saturated carbocycles. The van der Waals surface area contributed by atoms with Crippen molar-refractivity contribution in [2.75, 3.05) is 19.8 Å². The smallest absolute Gasteiger partial charge is 0.0659 e. The Kier molecular flexibility index (Phi) is 4.80. The predicted molar refractivity (Wildman–Crippen MR) is 113 cm³/mol. The van der Waals surface area contributed by atoms with Crippen molar-refractivity contribution >= 4 is 0 Å². The number of rotatable bonds is 2. The van der Waals surface area contributed by atoms with E-state index in [-0.39, 0.29) is 6.10 Å². The average molecular weight is 386 g/mol. The van der Waals surface area contributed by atoms with Crippen LogP contribution in [0.5, 0.6) is 0 Å². The minimum absolute atomic E-state index is 0.112. The number of fused-ring (bicyclic) bond motifs is 5. The van der Waals surface area contributed by atoms with Gasteiger partial charge in [-0.1, -0.05) is 38.5 Å². The monoisotopic (exact) mass is 385 g/mol. The minimum Gasteiger partial charge on any atom is -0.393 e. The molecule has 5 rings (SSSR count). The van der Waals surface area contributed by atoms with E-state index in [1.807, 2.05) is 0 Å². The summed E-state index contributed by atoms with van der Waals surface area (Å²) in [6, 6.07) is 0.426. The molecule has 3 heteroatoms. The zero-order valence-electron chi connectivity index (χ0n) is 18.0.